The fourth-order valence-corrected chi connectivity index (χ4v) is 3.33. The van der Waals surface area contributed by atoms with Gasteiger partial charge in [-0.2, -0.15) is 0 Å². The predicted octanol–water partition coefficient (Wildman–Crippen LogP) is 3.39. The van der Waals surface area contributed by atoms with Crippen LogP contribution in [-0.4, -0.2) is 28.1 Å². The van der Waals surface area contributed by atoms with Crippen LogP contribution in [0.25, 0.3) is 0 Å². The van der Waals surface area contributed by atoms with E-state index >= 15 is 0 Å². The number of hydrogen-bond acceptors (Lipinski definition) is 2. The topological polar surface area (TPSA) is 40.5 Å². The number of nitrogens with zero attached hydrogens (tertiary/aromatic N) is 1. The van der Waals surface area contributed by atoms with E-state index in [-0.39, 0.29) is 6.04 Å². The monoisotopic (exact) mass is 261 g/mol. The maximum Gasteiger partial charge on any atom is 0.324 e. The van der Waals surface area contributed by atoms with E-state index in [9.17, 15) is 9.90 Å². The average Bonchev–Trinajstić information content (AvgIpc) is 2.82. The number of benzene rings is 1. The molecule has 0 aromatic heterocycles. The van der Waals surface area contributed by atoms with Crippen molar-refractivity contribution in [3.8, 4) is 0 Å². The quantitative estimate of drug-likeness (QED) is 0.903. The van der Waals surface area contributed by atoms with Crippen LogP contribution in [-0.2, 0) is 4.79 Å². The van der Waals surface area contributed by atoms with Crippen molar-refractivity contribution >= 4 is 5.97 Å². The van der Waals surface area contributed by atoms with Crippen molar-refractivity contribution in [3.63, 3.8) is 0 Å². The summed E-state index contributed by atoms with van der Waals surface area (Å²) in [4.78, 5) is 13.9. The molecule has 1 fully saturated rings. The van der Waals surface area contributed by atoms with Crippen molar-refractivity contribution in [1.29, 1.82) is 0 Å². The molecular weight excluding hydrogens is 238 g/mol. The molecule has 1 aromatic rings. The van der Waals surface area contributed by atoms with Gasteiger partial charge in [-0.05, 0) is 45.2 Å². The molecule has 0 amide bonds. The molecule has 1 saturated heterocycles. The predicted molar refractivity (Wildman–Crippen MR) is 76.2 cm³/mol. The molecular formula is C16H23NO2. The zero-order chi connectivity index (χ0) is 14.0. The third-order valence-corrected chi connectivity index (χ3v) is 4.51. The zero-order valence-corrected chi connectivity index (χ0v) is 12.0. The van der Waals surface area contributed by atoms with Crippen LogP contribution < -0.4 is 0 Å². The minimum absolute atomic E-state index is 0.151. The van der Waals surface area contributed by atoms with E-state index in [1.807, 2.05) is 13.0 Å². The molecule has 1 N–H and O–H groups in total. The molecule has 1 aromatic carbocycles. The first-order valence-electron chi connectivity index (χ1n) is 7.08. The van der Waals surface area contributed by atoms with Crippen molar-refractivity contribution in [2.24, 2.45) is 0 Å². The minimum Gasteiger partial charge on any atom is -0.480 e. The number of likely N-dealkylation sites (tertiary alicyclic amines) is 1. The maximum atomic E-state index is 11.7. The standard InChI is InChI=1S/C16H23NO2/c1-4-16(15(18)19)9-6-10-17(16)13(3)14-8-5-7-12(2)11-14/h5,7-8,11,13H,4,6,9-10H2,1-3H3,(H,18,19). The molecule has 3 nitrogen and oxygen atoms in total. The lowest BCUT2D eigenvalue weighted by molar-refractivity contribution is -0.151. The zero-order valence-electron chi connectivity index (χ0n) is 12.0. The molecule has 0 aliphatic carbocycles. The molecule has 3 heteroatoms. The SMILES string of the molecule is CCC1(C(=O)O)CCCN1C(C)c1cccc(C)c1. The number of carboxylic acids is 1. The van der Waals surface area contributed by atoms with Crippen molar-refractivity contribution in [3.05, 3.63) is 35.4 Å². The van der Waals surface area contributed by atoms with Crippen LogP contribution in [0.5, 0.6) is 0 Å². The van der Waals surface area contributed by atoms with Crippen LogP contribution in [0.3, 0.4) is 0 Å². The van der Waals surface area contributed by atoms with Gasteiger partial charge in [0.25, 0.3) is 0 Å². The van der Waals surface area contributed by atoms with Gasteiger partial charge in [0.05, 0.1) is 0 Å². The van der Waals surface area contributed by atoms with Crippen molar-refractivity contribution in [2.75, 3.05) is 6.54 Å². The molecule has 19 heavy (non-hydrogen) atoms. The second-order valence-electron chi connectivity index (χ2n) is 5.58. The van der Waals surface area contributed by atoms with E-state index < -0.39 is 11.5 Å². The van der Waals surface area contributed by atoms with Crippen molar-refractivity contribution in [1.82, 2.24) is 4.90 Å². The van der Waals surface area contributed by atoms with Gasteiger partial charge in [0, 0.05) is 6.04 Å². The fraction of sp³-hybridized carbons (Fsp3) is 0.562. The maximum absolute atomic E-state index is 11.7. The van der Waals surface area contributed by atoms with E-state index in [2.05, 4.69) is 36.9 Å². The highest BCUT2D eigenvalue weighted by atomic mass is 16.4. The Balaban J connectivity index is 2.32. The molecule has 1 aliphatic rings. The number of aryl methyl sites for hydroxylation is 1. The Morgan fingerprint density at radius 1 is 1.53 bits per heavy atom. The molecule has 2 rings (SSSR count). The van der Waals surface area contributed by atoms with E-state index in [4.69, 9.17) is 0 Å². The van der Waals surface area contributed by atoms with Crippen LogP contribution in [0.1, 0.15) is 50.3 Å². The van der Waals surface area contributed by atoms with Gasteiger partial charge in [0.2, 0.25) is 0 Å². The summed E-state index contributed by atoms with van der Waals surface area (Å²) in [5.74, 6) is -0.674. The molecule has 0 radical (unpaired) electrons. The molecule has 0 bridgehead atoms. The van der Waals surface area contributed by atoms with Gasteiger partial charge in [-0.3, -0.25) is 9.69 Å². The number of rotatable bonds is 4. The second kappa shape index (κ2) is 5.33. The lowest BCUT2D eigenvalue weighted by Gasteiger charge is -2.38. The normalized spacial score (nSPS) is 25.4. The van der Waals surface area contributed by atoms with Gasteiger partial charge < -0.3 is 5.11 Å². The average molecular weight is 261 g/mol. The first-order valence-corrected chi connectivity index (χ1v) is 7.08. The molecule has 1 heterocycles. The Morgan fingerprint density at radius 2 is 2.26 bits per heavy atom. The summed E-state index contributed by atoms with van der Waals surface area (Å²) in [6.45, 7) is 7.04. The fourth-order valence-electron chi connectivity index (χ4n) is 3.33. The Hall–Kier alpha value is -1.35. The van der Waals surface area contributed by atoms with Crippen LogP contribution in [0, 0.1) is 6.92 Å². The molecule has 2 atom stereocenters. The first kappa shape index (κ1) is 14.1. The molecule has 1 aliphatic heterocycles. The Kier molecular flexibility index (Phi) is 3.95. The summed E-state index contributed by atoms with van der Waals surface area (Å²) in [5, 5.41) is 9.64. The number of hydrogen-bond donors (Lipinski definition) is 1. The van der Waals surface area contributed by atoms with Gasteiger partial charge in [-0.15, -0.1) is 0 Å². The highest BCUT2D eigenvalue weighted by Gasteiger charge is 2.48. The number of carbonyl (C=O) groups is 1. The largest absolute Gasteiger partial charge is 0.480 e. The molecule has 2 unspecified atom stereocenters. The van der Waals surface area contributed by atoms with Crippen molar-refractivity contribution < 1.29 is 9.90 Å². The van der Waals surface area contributed by atoms with Crippen molar-refractivity contribution in [2.45, 2.75) is 51.6 Å². The Bertz CT molecular complexity index is 472. The van der Waals surface area contributed by atoms with Crippen LogP contribution in [0.2, 0.25) is 0 Å². The summed E-state index contributed by atoms with van der Waals surface area (Å²) in [5.41, 5.74) is 1.75. The smallest absolute Gasteiger partial charge is 0.324 e. The Labute approximate surface area is 115 Å². The van der Waals surface area contributed by atoms with Gasteiger partial charge in [0.15, 0.2) is 0 Å². The van der Waals surface area contributed by atoms with Crippen LogP contribution in [0.4, 0.5) is 0 Å². The van der Waals surface area contributed by atoms with Crippen LogP contribution in [0.15, 0.2) is 24.3 Å². The number of aliphatic carboxylic acids is 1. The van der Waals surface area contributed by atoms with E-state index in [1.165, 1.54) is 11.1 Å². The van der Waals surface area contributed by atoms with E-state index in [0.717, 1.165) is 19.4 Å². The lowest BCUT2D eigenvalue weighted by Crippen LogP contribution is -2.50. The van der Waals surface area contributed by atoms with Crippen LogP contribution >= 0.6 is 0 Å². The van der Waals surface area contributed by atoms with Gasteiger partial charge >= 0.3 is 5.97 Å². The minimum atomic E-state index is -0.677. The third-order valence-electron chi connectivity index (χ3n) is 4.51. The summed E-state index contributed by atoms with van der Waals surface area (Å²) in [6, 6.07) is 8.53. The first-order chi connectivity index (χ1) is 9.01. The molecule has 0 spiro atoms. The van der Waals surface area contributed by atoms with Gasteiger partial charge in [-0.25, -0.2) is 0 Å². The van der Waals surface area contributed by atoms with Gasteiger partial charge in [0.1, 0.15) is 5.54 Å². The number of carboxylic acid groups (broad SMARTS) is 1. The second-order valence-corrected chi connectivity index (χ2v) is 5.58. The lowest BCUT2D eigenvalue weighted by atomic mass is 9.90. The van der Waals surface area contributed by atoms with Gasteiger partial charge in [-0.1, -0.05) is 36.8 Å². The highest BCUT2D eigenvalue weighted by molar-refractivity contribution is 5.79. The highest BCUT2D eigenvalue weighted by Crippen LogP contribution is 2.39. The summed E-state index contributed by atoms with van der Waals surface area (Å²) < 4.78 is 0. The van der Waals surface area contributed by atoms with E-state index in [1.54, 1.807) is 0 Å². The Morgan fingerprint density at radius 3 is 2.84 bits per heavy atom. The van der Waals surface area contributed by atoms with E-state index in [0.29, 0.717) is 6.42 Å². The summed E-state index contributed by atoms with van der Waals surface area (Å²) in [7, 11) is 0. The summed E-state index contributed by atoms with van der Waals surface area (Å²) in [6.07, 6.45) is 2.39. The molecule has 104 valence electrons. The summed E-state index contributed by atoms with van der Waals surface area (Å²) >= 11 is 0. The third kappa shape index (κ3) is 2.39. The molecule has 0 saturated carbocycles.